The second-order valence-corrected chi connectivity index (χ2v) is 7.74. The molecule has 7 heteroatoms. The molecule has 2 atom stereocenters. The lowest BCUT2D eigenvalue weighted by Gasteiger charge is -2.24. The Kier molecular flexibility index (Phi) is 4.45. The SMILES string of the molecule is Cc1c(-c2ccc(C(F)(F)F)cc2)ccnc1C1CCC2(CCN(C)C2=O)N1. The molecule has 4 nitrogen and oxygen atoms in total. The van der Waals surface area contributed by atoms with Gasteiger partial charge in [0, 0.05) is 19.8 Å². The molecule has 1 aromatic carbocycles. The molecule has 148 valence electrons. The maximum absolute atomic E-state index is 12.8. The van der Waals surface area contributed by atoms with Crippen molar-refractivity contribution < 1.29 is 18.0 Å². The Bertz CT molecular complexity index is 910. The Morgan fingerprint density at radius 2 is 1.89 bits per heavy atom. The predicted molar refractivity (Wildman–Crippen MR) is 99.5 cm³/mol. The number of nitrogens with zero attached hydrogens (tertiary/aromatic N) is 2. The maximum Gasteiger partial charge on any atom is 0.416 e. The molecule has 1 spiro atoms. The van der Waals surface area contributed by atoms with Gasteiger partial charge in [-0.15, -0.1) is 0 Å². The molecule has 1 aromatic heterocycles. The highest BCUT2D eigenvalue weighted by molar-refractivity contribution is 5.88. The number of hydrogen-bond acceptors (Lipinski definition) is 3. The van der Waals surface area contributed by atoms with Gasteiger partial charge in [0.05, 0.1) is 17.3 Å². The van der Waals surface area contributed by atoms with Crippen molar-refractivity contribution in [1.82, 2.24) is 15.2 Å². The van der Waals surface area contributed by atoms with Gasteiger partial charge in [-0.3, -0.25) is 15.1 Å². The number of likely N-dealkylation sites (N-methyl/N-ethyl adjacent to an activating group) is 1. The van der Waals surface area contributed by atoms with E-state index in [2.05, 4.69) is 10.3 Å². The number of carbonyl (C=O) groups is 1. The van der Waals surface area contributed by atoms with Gasteiger partial charge in [0.1, 0.15) is 5.54 Å². The second kappa shape index (κ2) is 6.58. The first-order chi connectivity index (χ1) is 13.2. The molecule has 2 saturated heterocycles. The van der Waals surface area contributed by atoms with Crippen LogP contribution in [0.3, 0.4) is 0 Å². The number of aromatic nitrogens is 1. The van der Waals surface area contributed by atoms with Gasteiger partial charge in [-0.1, -0.05) is 12.1 Å². The Balaban J connectivity index is 1.62. The molecule has 1 amide bonds. The fourth-order valence-corrected chi connectivity index (χ4v) is 4.43. The lowest BCUT2D eigenvalue weighted by molar-refractivity contribution is -0.137. The van der Waals surface area contributed by atoms with Crippen molar-refractivity contribution >= 4 is 5.91 Å². The summed E-state index contributed by atoms with van der Waals surface area (Å²) in [5, 5.41) is 3.51. The van der Waals surface area contributed by atoms with Crippen LogP contribution in [-0.4, -0.2) is 34.9 Å². The number of alkyl halides is 3. The highest BCUT2D eigenvalue weighted by atomic mass is 19.4. The van der Waals surface area contributed by atoms with E-state index in [1.165, 1.54) is 12.1 Å². The lowest BCUT2D eigenvalue weighted by Crippen LogP contribution is -2.47. The van der Waals surface area contributed by atoms with Gasteiger partial charge in [0.2, 0.25) is 5.91 Å². The predicted octanol–water partition coefficient (Wildman–Crippen LogP) is 4.10. The van der Waals surface area contributed by atoms with Crippen molar-refractivity contribution in [2.45, 2.75) is 43.9 Å². The number of hydrogen-bond donors (Lipinski definition) is 1. The van der Waals surface area contributed by atoms with E-state index in [0.29, 0.717) is 0 Å². The summed E-state index contributed by atoms with van der Waals surface area (Å²) in [6.07, 6.45) is -0.294. The molecule has 0 radical (unpaired) electrons. The molecule has 0 saturated carbocycles. The summed E-state index contributed by atoms with van der Waals surface area (Å²) in [5.41, 5.74) is 2.20. The number of carbonyl (C=O) groups excluding carboxylic acids is 1. The first-order valence-corrected chi connectivity index (χ1v) is 9.38. The normalized spacial score (nSPS) is 25.1. The molecule has 3 heterocycles. The van der Waals surface area contributed by atoms with Crippen molar-refractivity contribution in [1.29, 1.82) is 0 Å². The Morgan fingerprint density at radius 3 is 2.50 bits per heavy atom. The molecule has 1 N–H and O–H groups in total. The zero-order chi connectivity index (χ0) is 20.1. The van der Waals surface area contributed by atoms with Crippen molar-refractivity contribution in [3.8, 4) is 11.1 Å². The number of rotatable bonds is 2. The minimum atomic E-state index is -4.35. The van der Waals surface area contributed by atoms with Crippen LogP contribution >= 0.6 is 0 Å². The topological polar surface area (TPSA) is 45.2 Å². The van der Waals surface area contributed by atoms with Gasteiger partial charge in [-0.2, -0.15) is 13.2 Å². The van der Waals surface area contributed by atoms with E-state index in [-0.39, 0.29) is 11.9 Å². The van der Waals surface area contributed by atoms with Crippen LogP contribution < -0.4 is 5.32 Å². The Labute approximate surface area is 161 Å². The fourth-order valence-electron chi connectivity index (χ4n) is 4.43. The van der Waals surface area contributed by atoms with Gasteiger partial charge >= 0.3 is 6.18 Å². The smallest absolute Gasteiger partial charge is 0.344 e. The van der Waals surface area contributed by atoms with Crippen LogP contribution in [0.5, 0.6) is 0 Å². The van der Waals surface area contributed by atoms with Crippen molar-refractivity contribution in [2.24, 2.45) is 0 Å². The van der Waals surface area contributed by atoms with Gasteiger partial charge < -0.3 is 4.90 Å². The molecular formula is C21H22F3N3O. The first-order valence-electron chi connectivity index (χ1n) is 9.38. The van der Waals surface area contributed by atoms with E-state index in [0.717, 1.165) is 60.3 Å². The van der Waals surface area contributed by atoms with Crippen LogP contribution in [0.1, 0.15) is 42.1 Å². The van der Waals surface area contributed by atoms with E-state index in [4.69, 9.17) is 0 Å². The number of likely N-dealkylation sites (tertiary alicyclic amines) is 1. The highest BCUT2D eigenvalue weighted by Crippen LogP contribution is 2.40. The van der Waals surface area contributed by atoms with Crippen LogP contribution in [0.25, 0.3) is 11.1 Å². The molecule has 2 aromatic rings. The van der Waals surface area contributed by atoms with Crippen molar-refractivity contribution in [2.75, 3.05) is 13.6 Å². The summed E-state index contributed by atoms with van der Waals surface area (Å²) in [4.78, 5) is 18.8. The zero-order valence-electron chi connectivity index (χ0n) is 15.8. The lowest BCUT2D eigenvalue weighted by atomic mass is 9.95. The number of halogens is 3. The summed E-state index contributed by atoms with van der Waals surface area (Å²) < 4.78 is 38.5. The molecule has 4 rings (SSSR count). The molecule has 2 unspecified atom stereocenters. The third-order valence-corrected chi connectivity index (χ3v) is 6.04. The summed E-state index contributed by atoms with van der Waals surface area (Å²) in [7, 11) is 1.82. The van der Waals surface area contributed by atoms with Crippen molar-refractivity contribution in [3.63, 3.8) is 0 Å². The third kappa shape index (κ3) is 3.07. The molecular weight excluding hydrogens is 367 g/mol. The number of nitrogens with one attached hydrogen (secondary N) is 1. The Hall–Kier alpha value is -2.41. The van der Waals surface area contributed by atoms with Crippen LogP contribution in [0.4, 0.5) is 13.2 Å². The Morgan fingerprint density at radius 1 is 1.18 bits per heavy atom. The number of pyridine rings is 1. The zero-order valence-corrected chi connectivity index (χ0v) is 15.8. The van der Waals surface area contributed by atoms with Crippen LogP contribution in [-0.2, 0) is 11.0 Å². The summed E-state index contributed by atoms with van der Waals surface area (Å²) in [6, 6.07) is 6.97. The van der Waals surface area contributed by atoms with Crippen LogP contribution in [0, 0.1) is 6.92 Å². The molecule has 0 bridgehead atoms. The third-order valence-electron chi connectivity index (χ3n) is 6.04. The number of amides is 1. The van der Waals surface area contributed by atoms with E-state index >= 15 is 0 Å². The van der Waals surface area contributed by atoms with Gasteiger partial charge in [0.15, 0.2) is 0 Å². The maximum atomic E-state index is 12.8. The van der Waals surface area contributed by atoms with Crippen LogP contribution in [0.15, 0.2) is 36.5 Å². The fraction of sp³-hybridized carbons (Fsp3) is 0.429. The molecule has 2 aliphatic rings. The molecule has 0 aliphatic carbocycles. The van der Waals surface area contributed by atoms with Gasteiger partial charge in [0.25, 0.3) is 0 Å². The minimum absolute atomic E-state index is 0.0372. The first kappa shape index (κ1) is 18.9. The summed E-state index contributed by atoms with van der Waals surface area (Å²) >= 11 is 0. The number of benzene rings is 1. The summed E-state index contributed by atoms with van der Waals surface area (Å²) in [6.45, 7) is 2.68. The average molecular weight is 389 g/mol. The quantitative estimate of drug-likeness (QED) is 0.841. The van der Waals surface area contributed by atoms with Gasteiger partial charge in [-0.05, 0) is 61.1 Å². The molecule has 28 heavy (non-hydrogen) atoms. The van der Waals surface area contributed by atoms with E-state index in [1.807, 2.05) is 20.0 Å². The molecule has 2 fully saturated rings. The van der Waals surface area contributed by atoms with E-state index in [9.17, 15) is 18.0 Å². The standard InChI is InChI=1S/C21H22F3N3O/c1-13-16(14-3-5-15(6-4-14)21(22,23)24)8-11-25-18(13)17-7-9-20(26-17)10-12-27(2)19(20)28/h3-6,8,11,17,26H,7,9-10,12H2,1-2H3. The second-order valence-electron chi connectivity index (χ2n) is 7.74. The van der Waals surface area contributed by atoms with Crippen molar-refractivity contribution in [3.05, 3.63) is 53.3 Å². The van der Waals surface area contributed by atoms with E-state index in [1.54, 1.807) is 11.1 Å². The largest absolute Gasteiger partial charge is 0.416 e. The van der Waals surface area contributed by atoms with Crippen LogP contribution in [0.2, 0.25) is 0 Å². The highest BCUT2D eigenvalue weighted by Gasteiger charge is 2.50. The molecule has 2 aliphatic heterocycles. The average Bonchev–Trinajstić information content (AvgIpc) is 3.21. The minimum Gasteiger partial charge on any atom is -0.344 e. The summed E-state index contributed by atoms with van der Waals surface area (Å²) in [5.74, 6) is 0.131. The van der Waals surface area contributed by atoms with Gasteiger partial charge in [-0.25, -0.2) is 0 Å². The van der Waals surface area contributed by atoms with E-state index < -0.39 is 17.3 Å². The monoisotopic (exact) mass is 389 g/mol.